The molecule has 3 nitrogen and oxygen atoms in total. The van der Waals surface area contributed by atoms with Crippen molar-refractivity contribution >= 4 is 66.7 Å². The molecule has 0 saturated carbocycles. The van der Waals surface area contributed by atoms with Crippen molar-refractivity contribution in [1.29, 1.82) is 0 Å². The van der Waals surface area contributed by atoms with Gasteiger partial charge in [0.2, 0.25) is 0 Å². The average molecular weight is 770 g/mol. The summed E-state index contributed by atoms with van der Waals surface area (Å²) in [5.74, 6) is 0.574. The normalized spacial score (nSPS) is 15.2. The van der Waals surface area contributed by atoms with Gasteiger partial charge in [-0.15, -0.1) is 0 Å². The Kier molecular flexibility index (Phi) is 7.71. The highest BCUT2D eigenvalue weighted by Gasteiger charge is 2.24. The summed E-state index contributed by atoms with van der Waals surface area (Å²) >= 11 is 0. The second-order valence-corrected chi connectivity index (χ2v) is 16.8. The summed E-state index contributed by atoms with van der Waals surface area (Å²) in [7, 11) is 0. The molecule has 2 atom stereocenters. The molecule has 11 aromatic rings. The zero-order valence-corrected chi connectivity index (χ0v) is 34.0. The van der Waals surface area contributed by atoms with Gasteiger partial charge in [0.1, 0.15) is 0 Å². The second kappa shape index (κ2) is 13.3. The molecule has 12 rings (SSSR count). The average Bonchev–Trinajstić information content (AvgIpc) is 3.91. The molecule has 0 bridgehead atoms. The fraction of sp³-hybridized carbons (Fsp3) is 0.0877. The van der Waals surface area contributed by atoms with Gasteiger partial charge in [0.25, 0.3) is 0 Å². The van der Waals surface area contributed by atoms with E-state index in [9.17, 15) is 0 Å². The van der Waals surface area contributed by atoms with Gasteiger partial charge in [-0.2, -0.15) is 0 Å². The minimum absolute atomic E-state index is 0.253. The lowest BCUT2D eigenvalue weighted by Gasteiger charge is -2.22. The van der Waals surface area contributed by atoms with Crippen LogP contribution in [0.3, 0.4) is 0 Å². The van der Waals surface area contributed by atoms with Crippen LogP contribution in [0.15, 0.2) is 182 Å². The molecule has 8 aromatic carbocycles. The Morgan fingerprint density at radius 3 is 1.53 bits per heavy atom. The molecule has 0 spiro atoms. The van der Waals surface area contributed by atoms with E-state index in [0.717, 1.165) is 5.69 Å². The van der Waals surface area contributed by atoms with Gasteiger partial charge in [-0.3, -0.25) is 0 Å². The molecular formula is C57H43N3. The summed E-state index contributed by atoms with van der Waals surface area (Å²) in [6.45, 7) is 6.71. The maximum Gasteiger partial charge on any atom is 0.0541 e. The highest BCUT2D eigenvalue weighted by atomic mass is 15.0. The van der Waals surface area contributed by atoms with Crippen molar-refractivity contribution in [2.24, 2.45) is 5.92 Å². The smallest absolute Gasteiger partial charge is 0.0541 e. The van der Waals surface area contributed by atoms with Gasteiger partial charge in [0.15, 0.2) is 0 Å². The Morgan fingerprint density at radius 1 is 0.367 bits per heavy atom. The zero-order valence-electron chi connectivity index (χ0n) is 34.0. The van der Waals surface area contributed by atoms with Crippen molar-refractivity contribution in [1.82, 2.24) is 13.7 Å². The van der Waals surface area contributed by atoms with E-state index in [1.807, 2.05) is 0 Å². The Bertz CT molecular complexity index is 3650. The number of benzene rings is 8. The number of para-hydroxylation sites is 3. The van der Waals surface area contributed by atoms with Crippen LogP contribution in [0.1, 0.15) is 29.5 Å². The van der Waals surface area contributed by atoms with E-state index in [0.29, 0.717) is 5.92 Å². The van der Waals surface area contributed by atoms with Crippen LogP contribution in [0.25, 0.3) is 94.9 Å². The standard InChI is InChI=1S/C57H43N3/c1-36-12-10-14-43(30-36)59-53-20-8-5-16-45(53)49-33-40(24-28-56(49)59)39-22-26-42(27-23-39)58-52-19-7-4-17-46(52)50-34-41(25-29-55(50)58)48-35-51-47-18-6-9-21-54(47)60(57(51)32-38(48)3)44-15-11-13-37(2)31-44/h4-35,38,48H,1-3H3. The predicted octanol–water partition coefficient (Wildman–Crippen LogP) is 13.1. The summed E-state index contributed by atoms with van der Waals surface area (Å²) in [6, 6.07) is 67.4. The third kappa shape index (κ3) is 5.29. The molecular weight excluding hydrogens is 727 g/mol. The Balaban J connectivity index is 0.942. The van der Waals surface area contributed by atoms with Crippen molar-refractivity contribution in [3.63, 3.8) is 0 Å². The number of aryl methyl sites for hydroxylation is 2. The minimum Gasteiger partial charge on any atom is -0.310 e. The van der Waals surface area contributed by atoms with Crippen LogP contribution in [-0.2, 0) is 0 Å². The first-order chi connectivity index (χ1) is 29.5. The first kappa shape index (κ1) is 34.7. The van der Waals surface area contributed by atoms with Crippen LogP contribution in [0.2, 0.25) is 0 Å². The van der Waals surface area contributed by atoms with Gasteiger partial charge >= 0.3 is 0 Å². The number of hydrogen-bond donors (Lipinski definition) is 0. The minimum atomic E-state index is 0.253. The summed E-state index contributed by atoms with van der Waals surface area (Å²) in [5, 5.41) is 9.02. The highest BCUT2D eigenvalue weighted by molar-refractivity contribution is 6.11. The van der Waals surface area contributed by atoms with Crippen LogP contribution < -0.4 is 10.6 Å². The maximum absolute atomic E-state index is 2.53. The van der Waals surface area contributed by atoms with Gasteiger partial charge < -0.3 is 13.7 Å². The molecule has 0 N–H and O–H groups in total. The van der Waals surface area contributed by atoms with E-state index in [1.165, 1.54) is 104 Å². The van der Waals surface area contributed by atoms with Gasteiger partial charge in [-0.25, -0.2) is 0 Å². The zero-order chi connectivity index (χ0) is 40.1. The third-order valence-electron chi connectivity index (χ3n) is 13.0. The molecule has 2 unspecified atom stereocenters. The topological polar surface area (TPSA) is 14.8 Å². The van der Waals surface area contributed by atoms with Crippen LogP contribution in [0.5, 0.6) is 0 Å². The molecule has 1 aliphatic rings. The van der Waals surface area contributed by atoms with Crippen molar-refractivity contribution in [3.05, 3.63) is 209 Å². The second-order valence-electron chi connectivity index (χ2n) is 16.8. The molecule has 0 saturated heterocycles. The summed E-state index contributed by atoms with van der Waals surface area (Å²) < 4.78 is 7.28. The van der Waals surface area contributed by atoms with Crippen LogP contribution in [0.4, 0.5) is 0 Å². The molecule has 3 aromatic heterocycles. The van der Waals surface area contributed by atoms with Gasteiger partial charge in [-0.1, -0.05) is 122 Å². The molecule has 0 aliphatic heterocycles. The van der Waals surface area contributed by atoms with Gasteiger partial charge in [0.05, 0.1) is 32.9 Å². The fourth-order valence-electron chi connectivity index (χ4n) is 10.2. The number of hydrogen-bond acceptors (Lipinski definition) is 0. The van der Waals surface area contributed by atoms with Gasteiger partial charge in [-0.05, 0) is 126 Å². The largest absolute Gasteiger partial charge is 0.310 e. The molecule has 0 radical (unpaired) electrons. The number of rotatable bonds is 5. The van der Waals surface area contributed by atoms with E-state index in [2.05, 4.69) is 229 Å². The molecule has 60 heavy (non-hydrogen) atoms. The molecule has 286 valence electrons. The quantitative estimate of drug-likeness (QED) is 0.166. The van der Waals surface area contributed by atoms with E-state index >= 15 is 0 Å². The molecule has 3 heterocycles. The number of aromatic nitrogens is 3. The fourth-order valence-corrected chi connectivity index (χ4v) is 10.2. The van der Waals surface area contributed by atoms with Crippen molar-refractivity contribution in [2.75, 3.05) is 0 Å². The third-order valence-corrected chi connectivity index (χ3v) is 13.0. The first-order valence-electron chi connectivity index (χ1n) is 21.1. The van der Waals surface area contributed by atoms with Crippen molar-refractivity contribution in [2.45, 2.75) is 26.7 Å². The van der Waals surface area contributed by atoms with Gasteiger partial charge in [0, 0.05) is 55.1 Å². The van der Waals surface area contributed by atoms with Crippen LogP contribution >= 0.6 is 0 Å². The number of fused-ring (bicyclic) bond motifs is 9. The van der Waals surface area contributed by atoms with Crippen LogP contribution in [0, 0.1) is 19.8 Å². The van der Waals surface area contributed by atoms with Crippen molar-refractivity contribution in [3.8, 4) is 28.2 Å². The van der Waals surface area contributed by atoms with Crippen LogP contribution in [-0.4, -0.2) is 13.7 Å². The van der Waals surface area contributed by atoms with Crippen molar-refractivity contribution < 1.29 is 0 Å². The summed E-state index contributed by atoms with van der Waals surface area (Å²) in [5.41, 5.74) is 16.0. The lowest BCUT2D eigenvalue weighted by Crippen LogP contribution is -2.34. The summed E-state index contributed by atoms with van der Waals surface area (Å²) in [4.78, 5) is 0. The Labute approximate surface area is 349 Å². The van der Waals surface area contributed by atoms with E-state index in [1.54, 1.807) is 0 Å². The molecule has 0 fully saturated rings. The number of nitrogens with zero attached hydrogens (tertiary/aromatic N) is 3. The van der Waals surface area contributed by atoms with E-state index in [-0.39, 0.29) is 5.92 Å². The molecule has 0 amide bonds. The SMILES string of the molecule is Cc1cccc(-n2c3c(c4ccccc42)=CC(c2ccc4c(c2)c2ccccc2n4-c2ccc(-c4ccc5c(c4)c4ccccc4n5-c4cccc(C)c4)cc2)C(C)C=3)c1. The highest BCUT2D eigenvalue weighted by Crippen LogP contribution is 2.39. The monoisotopic (exact) mass is 769 g/mol. The Hall–Kier alpha value is -7.36. The van der Waals surface area contributed by atoms with E-state index < -0.39 is 0 Å². The Morgan fingerprint density at radius 2 is 0.883 bits per heavy atom. The summed E-state index contributed by atoms with van der Waals surface area (Å²) in [6.07, 6.45) is 5.03. The first-order valence-corrected chi connectivity index (χ1v) is 21.1. The molecule has 1 aliphatic carbocycles. The predicted molar refractivity (Wildman–Crippen MR) is 253 cm³/mol. The molecule has 3 heteroatoms. The lowest BCUT2D eigenvalue weighted by atomic mass is 9.83. The maximum atomic E-state index is 2.53. The van der Waals surface area contributed by atoms with E-state index in [4.69, 9.17) is 0 Å². The lowest BCUT2D eigenvalue weighted by molar-refractivity contribution is 0.690.